The molecule has 1 aliphatic heterocycles. The molecule has 0 aromatic heterocycles. The maximum absolute atomic E-state index is 12.0. The van der Waals surface area contributed by atoms with Gasteiger partial charge < -0.3 is 10.6 Å². The maximum Gasteiger partial charge on any atom is 0.237 e. The van der Waals surface area contributed by atoms with Crippen molar-refractivity contribution in [3.63, 3.8) is 0 Å². The summed E-state index contributed by atoms with van der Waals surface area (Å²) < 4.78 is 0. The van der Waals surface area contributed by atoms with Crippen LogP contribution in [-0.2, 0) is 11.2 Å². The van der Waals surface area contributed by atoms with Crippen LogP contribution >= 0.6 is 0 Å². The van der Waals surface area contributed by atoms with Crippen LogP contribution in [0.1, 0.15) is 36.3 Å². The highest BCUT2D eigenvalue weighted by atomic mass is 16.2. The lowest BCUT2D eigenvalue weighted by atomic mass is 9.77. The van der Waals surface area contributed by atoms with Crippen LogP contribution in [0.3, 0.4) is 0 Å². The van der Waals surface area contributed by atoms with Gasteiger partial charge in [-0.15, -0.1) is 0 Å². The molecule has 0 saturated carbocycles. The summed E-state index contributed by atoms with van der Waals surface area (Å²) >= 11 is 0. The first kappa shape index (κ1) is 11.7. The summed E-state index contributed by atoms with van der Waals surface area (Å²) in [5.41, 5.74) is 2.85. The molecule has 1 aliphatic carbocycles. The van der Waals surface area contributed by atoms with Gasteiger partial charge >= 0.3 is 0 Å². The Kier molecular flexibility index (Phi) is 3.33. The molecule has 1 aromatic carbocycles. The Morgan fingerprint density at radius 3 is 3.00 bits per heavy atom. The average molecular weight is 244 g/mol. The number of rotatable bonds is 3. The van der Waals surface area contributed by atoms with Crippen LogP contribution in [-0.4, -0.2) is 25.0 Å². The minimum Gasteiger partial charge on any atom is -0.354 e. The third-order valence-electron chi connectivity index (χ3n) is 4.11. The normalized spacial score (nSPS) is 26.0. The SMILES string of the molecule is O=C(NCC1Cc2ccccc21)C1CCCCN1. The summed E-state index contributed by atoms with van der Waals surface area (Å²) in [5.74, 6) is 0.702. The lowest BCUT2D eigenvalue weighted by molar-refractivity contribution is -0.123. The van der Waals surface area contributed by atoms with Crippen molar-refractivity contribution in [2.45, 2.75) is 37.6 Å². The van der Waals surface area contributed by atoms with Crippen molar-refractivity contribution >= 4 is 5.91 Å². The van der Waals surface area contributed by atoms with Crippen molar-refractivity contribution < 1.29 is 4.79 Å². The molecule has 3 nitrogen and oxygen atoms in total. The number of amides is 1. The zero-order chi connectivity index (χ0) is 12.4. The monoisotopic (exact) mass is 244 g/mol. The number of hydrogen-bond donors (Lipinski definition) is 2. The number of carbonyl (C=O) groups excluding carboxylic acids is 1. The Morgan fingerprint density at radius 1 is 1.33 bits per heavy atom. The summed E-state index contributed by atoms with van der Waals surface area (Å²) in [5, 5.41) is 6.38. The van der Waals surface area contributed by atoms with E-state index < -0.39 is 0 Å². The van der Waals surface area contributed by atoms with Gasteiger partial charge in [0.25, 0.3) is 0 Å². The Hall–Kier alpha value is -1.35. The topological polar surface area (TPSA) is 41.1 Å². The predicted molar refractivity (Wildman–Crippen MR) is 71.5 cm³/mol. The summed E-state index contributed by atoms with van der Waals surface area (Å²) in [4.78, 5) is 12.0. The van der Waals surface area contributed by atoms with Crippen molar-refractivity contribution in [1.82, 2.24) is 10.6 Å². The van der Waals surface area contributed by atoms with Gasteiger partial charge in [-0.1, -0.05) is 30.7 Å². The highest BCUT2D eigenvalue weighted by Crippen LogP contribution is 2.33. The van der Waals surface area contributed by atoms with E-state index in [0.717, 1.165) is 32.4 Å². The summed E-state index contributed by atoms with van der Waals surface area (Å²) in [6.07, 6.45) is 4.44. The van der Waals surface area contributed by atoms with Crippen LogP contribution in [0, 0.1) is 0 Å². The fraction of sp³-hybridized carbons (Fsp3) is 0.533. The van der Waals surface area contributed by atoms with Gasteiger partial charge in [0.15, 0.2) is 0 Å². The van der Waals surface area contributed by atoms with Gasteiger partial charge in [-0.05, 0) is 36.9 Å². The fourth-order valence-electron chi connectivity index (χ4n) is 2.97. The molecule has 0 spiro atoms. The molecule has 3 heteroatoms. The van der Waals surface area contributed by atoms with E-state index in [1.807, 2.05) is 0 Å². The van der Waals surface area contributed by atoms with Gasteiger partial charge in [-0.2, -0.15) is 0 Å². The standard InChI is InChI=1S/C15H20N2O/c18-15(14-7-3-4-8-16-14)17-10-12-9-11-5-1-2-6-13(11)12/h1-2,5-6,12,14,16H,3-4,7-10H2,(H,17,18). The molecule has 2 aliphatic rings. The van der Waals surface area contributed by atoms with Crippen molar-refractivity contribution in [3.8, 4) is 0 Å². The second-order valence-electron chi connectivity index (χ2n) is 5.35. The Balaban J connectivity index is 1.49. The van der Waals surface area contributed by atoms with Crippen molar-refractivity contribution in [2.24, 2.45) is 0 Å². The first-order valence-electron chi connectivity index (χ1n) is 6.93. The van der Waals surface area contributed by atoms with Crippen molar-refractivity contribution in [3.05, 3.63) is 35.4 Å². The molecule has 2 unspecified atom stereocenters. The van der Waals surface area contributed by atoms with Gasteiger partial charge in [0, 0.05) is 12.5 Å². The van der Waals surface area contributed by atoms with E-state index in [0.29, 0.717) is 5.92 Å². The van der Waals surface area contributed by atoms with Crippen LogP contribution < -0.4 is 10.6 Å². The van der Waals surface area contributed by atoms with E-state index in [-0.39, 0.29) is 11.9 Å². The molecular formula is C15H20N2O. The smallest absolute Gasteiger partial charge is 0.237 e. The van der Waals surface area contributed by atoms with Gasteiger partial charge in [-0.3, -0.25) is 4.79 Å². The number of fused-ring (bicyclic) bond motifs is 1. The Bertz CT molecular complexity index is 438. The Morgan fingerprint density at radius 2 is 2.22 bits per heavy atom. The van der Waals surface area contributed by atoms with E-state index in [2.05, 4.69) is 34.9 Å². The second kappa shape index (κ2) is 5.11. The van der Waals surface area contributed by atoms with Gasteiger partial charge in [0.2, 0.25) is 5.91 Å². The molecule has 1 aromatic rings. The molecule has 1 amide bonds. The molecule has 0 bridgehead atoms. The molecule has 96 valence electrons. The van der Waals surface area contributed by atoms with E-state index >= 15 is 0 Å². The van der Waals surface area contributed by atoms with Crippen molar-refractivity contribution in [2.75, 3.05) is 13.1 Å². The molecule has 3 rings (SSSR count). The molecule has 1 saturated heterocycles. The highest BCUT2D eigenvalue weighted by Gasteiger charge is 2.27. The van der Waals surface area contributed by atoms with Gasteiger partial charge in [-0.25, -0.2) is 0 Å². The molecule has 2 N–H and O–H groups in total. The summed E-state index contributed by atoms with van der Waals surface area (Å²) in [6, 6.07) is 8.55. The molecule has 1 heterocycles. The van der Waals surface area contributed by atoms with Crippen LogP contribution in [0.4, 0.5) is 0 Å². The number of piperidine rings is 1. The molecule has 2 atom stereocenters. The van der Waals surface area contributed by atoms with Gasteiger partial charge in [0.1, 0.15) is 0 Å². The lowest BCUT2D eigenvalue weighted by Crippen LogP contribution is -2.48. The summed E-state index contributed by atoms with van der Waals surface area (Å²) in [6.45, 7) is 1.76. The number of carbonyl (C=O) groups is 1. The Labute approximate surface area is 108 Å². The highest BCUT2D eigenvalue weighted by molar-refractivity contribution is 5.81. The number of benzene rings is 1. The molecular weight excluding hydrogens is 224 g/mol. The van der Waals surface area contributed by atoms with Crippen LogP contribution in [0.5, 0.6) is 0 Å². The van der Waals surface area contributed by atoms with Crippen molar-refractivity contribution in [1.29, 1.82) is 0 Å². The van der Waals surface area contributed by atoms with Crippen LogP contribution in [0.15, 0.2) is 24.3 Å². The van der Waals surface area contributed by atoms with Crippen LogP contribution in [0.25, 0.3) is 0 Å². The first-order valence-corrected chi connectivity index (χ1v) is 6.93. The van der Waals surface area contributed by atoms with E-state index in [1.165, 1.54) is 17.5 Å². The zero-order valence-electron chi connectivity index (χ0n) is 10.6. The van der Waals surface area contributed by atoms with E-state index in [1.54, 1.807) is 0 Å². The summed E-state index contributed by atoms with van der Waals surface area (Å²) in [7, 11) is 0. The third-order valence-corrected chi connectivity index (χ3v) is 4.11. The van der Waals surface area contributed by atoms with Gasteiger partial charge in [0.05, 0.1) is 6.04 Å². The second-order valence-corrected chi connectivity index (χ2v) is 5.35. The zero-order valence-corrected chi connectivity index (χ0v) is 10.6. The number of hydrogen-bond acceptors (Lipinski definition) is 2. The van der Waals surface area contributed by atoms with E-state index in [9.17, 15) is 4.79 Å². The molecule has 18 heavy (non-hydrogen) atoms. The molecule has 1 fully saturated rings. The minimum atomic E-state index is 0.0362. The third kappa shape index (κ3) is 2.27. The quantitative estimate of drug-likeness (QED) is 0.847. The van der Waals surface area contributed by atoms with Crippen LogP contribution in [0.2, 0.25) is 0 Å². The maximum atomic E-state index is 12.0. The fourth-order valence-corrected chi connectivity index (χ4v) is 2.97. The van der Waals surface area contributed by atoms with E-state index in [4.69, 9.17) is 0 Å². The average Bonchev–Trinajstić information content (AvgIpc) is 2.40. The molecule has 0 radical (unpaired) electrons. The predicted octanol–water partition coefficient (Wildman–Crippen LogP) is 1.58. The number of nitrogens with one attached hydrogen (secondary N) is 2. The first-order chi connectivity index (χ1) is 8.84. The largest absolute Gasteiger partial charge is 0.354 e. The lowest BCUT2D eigenvalue weighted by Gasteiger charge is -2.31. The minimum absolute atomic E-state index is 0.0362.